The lowest BCUT2D eigenvalue weighted by Crippen LogP contribution is -2.12. The fourth-order valence-electron chi connectivity index (χ4n) is 13.2. The number of thiazole rings is 1. The third-order valence-electron chi connectivity index (χ3n) is 19.5. The molecular weight excluding hydrogens is 1810 g/mol. The maximum atomic E-state index is 13.4. The van der Waals surface area contributed by atoms with Gasteiger partial charge < -0.3 is 25.2 Å². The number of hydrogen-bond donors (Lipinski definition) is 4. The molecule has 2 fully saturated rings. The molecular formula is C87H62F9N5O17S8. The van der Waals surface area contributed by atoms with Gasteiger partial charge in [0.2, 0.25) is 0 Å². The maximum absolute atomic E-state index is 13.4. The van der Waals surface area contributed by atoms with Crippen molar-refractivity contribution in [1.82, 2.24) is 4.98 Å². The second-order valence-corrected chi connectivity index (χ2v) is 40.1. The van der Waals surface area contributed by atoms with Crippen molar-refractivity contribution >= 4 is 109 Å². The highest BCUT2D eigenvalue weighted by Crippen LogP contribution is 2.48. The first-order valence-corrected chi connectivity index (χ1v) is 46.7. The van der Waals surface area contributed by atoms with Crippen molar-refractivity contribution in [3.05, 3.63) is 292 Å². The summed E-state index contributed by atoms with van der Waals surface area (Å²) < 4.78 is 231. The number of rotatable bonds is 24. The van der Waals surface area contributed by atoms with Crippen LogP contribution in [-0.4, -0.2) is 90.1 Å². The number of methoxy groups -OCH3 is 1. The van der Waals surface area contributed by atoms with Crippen LogP contribution in [0.25, 0.3) is 41.9 Å². The summed E-state index contributed by atoms with van der Waals surface area (Å²) in [5.74, 6) is -7.86. The summed E-state index contributed by atoms with van der Waals surface area (Å²) in [6.45, 7) is 1.71. The molecule has 0 bridgehead atoms. The highest BCUT2D eigenvalue weighted by molar-refractivity contribution is 7.91. The molecule has 2 saturated carbocycles. The summed E-state index contributed by atoms with van der Waals surface area (Å²) in [5.41, 5.74) is -0.369. The quantitative estimate of drug-likeness (QED) is 0.0408. The number of aromatic nitrogens is 1. The predicted molar refractivity (Wildman–Crippen MR) is 448 cm³/mol. The number of alkyl halides is 9. The Morgan fingerprint density at radius 2 is 0.738 bits per heavy atom. The first kappa shape index (κ1) is 94.0. The zero-order chi connectivity index (χ0) is 91.9. The third-order valence-corrected chi connectivity index (χ3v) is 30.2. The molecule has 126 heavy (non-hydrogen) atoms. The number of ether oxygens (including phenoxy) is 1. The summed E-state index contributed by atoms with van der Waals surface area (Å²) >= 11 is 4.47. The van der Waals surface area contributed by atoms with Crippen LogP contribution in [0.1, 0.15) is 162 Å². The van der Waals surface area contributed by atoms with Gasteiger partial charge in [0, 0.05) is 31.8 Å². The number of nitriles is 4. The van der Waals surface area contributed by atoms with Crippen LogP contribution in [-0.2, 0) is 87.3 Å². The molecule has 0 radical (unpaired) electrons. The molecule has 0 atom stereocenters. The summed E-state index contributed by atoms with van der Waals surface area (Å²) in [5, 5.41) is 75.6. The van der Waals surface area contributed by atoms with E-state index < -0.39 is 121 Å². The van der Waals surface area contributed by atoms with Crippen LogP contribution >= 0.6 is 45.3 Å². The van der Waals surface area contributed by atoms with Gasteiger partial charge in [0.1, 0.15) is 48.5 Å². The molecule has 0 spiro atoms. The molecule has 4 N–H and O–H groups in total. The normalized spacial score (nSPS) is 12.8. The van der Waals surface area contributed by atoms with Crippen molar-refractivity contribution in [1.29, 1.82) is 21.0 Å². The number of nitrogens with zero attached hydrogens (tertiary/aromatic N) is 5. The van der Waals surface area contributed by atoms with E-state index >= 15 is 0 Å². The van der Waals surface area contributed by atoms with E-state index in [1.165, 1.54) is 115 Å². The van der Waals surface area contributed by atoms with Crippen LogP contribution in [0.3, 0.4) is 0 Å². The van der Waals surface area contributed by atoms with E-state index in [1.807, 2.05) is 18.2 Å². The summed E-state index contributed by atoms with van der Waals surface area (Å²) in [4.78, 5) is 51.5. The highest BCUT2D eigenvalue weighted by atomic mass is 32.2. The number of carboxylic acids is 4. The number of benzene rings is 8. The summed E-state index contributed by atoms with van der Waals surface area (Å²) in [6.07, 6.45) is -8.97. The predicted octanol–water partition coefficient (Wildman–Crippen LogP) is 20.6. The Morgan fingerprint density at radius 1 is 0.405 bits per heavy atom. The van der Waals surface area contributed by atoms with E-state index in [9.17, 15) is 118 Å². The number of hydrogen-bond acceptors (Lipinski definition) is 22. The van der Waals surface area contributed by atoms with Gasteiger partial charge in [-0.3, -0.25) is 0 Å². The molecule has 0 saturated heterocycles. The maximum Gasteiger partial charge on any atom is 0.416 e. The van der Waals surface area contributed by atoms with Gasteiger partial charge in [-0.15, -0.1) is 45.3 Å². The van der Waals surface area contributed by atoms with Crippen molar-refractivity contribution in [3.63, 3.8) is 0 Å². The van der Waals surface area contributed by atoms with Crippen molar-refractivity contribution in [3.8, 4) is 71.9 Å². The zero-order valence-electron chi connectivity index (χ0n) is 65.0. The van der Waals surface area contributed by atoms with Gasteiger partial charge in [0.15, 0.2) is 39.3 Å². The second-order valence-electron chi connectivity index (χ2n) is 28.1. The number of aromatic carboxylic acids is 4. The number of carbonyl (C=O) groups is 4. The average Bonchev–Trinajstić information content (AvgIpc) is 1.18. The van der Waals surface area contributed by atoms with Gasteiger partial charge in [-0.1, -0.05) is 49.4 Å². The van der Waals surface area contributed by atoms with Crippen molar-refractivity contribution in [2.45, 2.75) is 112 Å². The standard InChI is InChI=1S/C23H16F3NO4S2.C23H16N2O4S2.C21H14F3NO5S2.C20H16F3NO4S2/c24-23(25,26)16-4-7-18(20-8-5-17(11-27)32-20)15(9-16)12-33(30,31)21-10-14(22(28)29)3-6-19(21)13-1-2-13;24-11-14-1-6-19(21-8-5-18(12-25)30-21)17(9-14)13-31(28,29)22-10-16(23(26)27)4-7-20(22)15-2-3-15;1-30-17-6-2-12(20(26)27)9-19(17)32(28,29)11-13-8-14(21(22,23)24)3-5-16(13)18-7-4-15(10-25)31-18;1-2-12-3-4-13(19(25)26)10-17(12)30(27,28)11-14-9-15(20(21,22)23)5-6-16(14)18-24-7-8-29-18/h3-10,13H,1-2,12H2,(H,28,29);1,4-10,15H,2-3,13H2,(H,26,27);2-9H,11H2,1H3,(H,26,27);3-10H,2,11H2,1H3,(H,25,26). The van der Waals surface area contributed by atoms with Gasteiger partial charge in [0.05, 0.1) is 95.4 Å². The van der Waals surface area contributed by atoms with Crippen LogP contribution < -0.4 is 4.74 Å². The monoisotopic (exact) mass is 1880 g/mol. The minimum Gasteiger partial charge on any atom is -0.495 e. The molecule has 2 aliphatic carbocycles. The molecule has 0 amide bonds. The Hall–Kier alpha value is -12.7. The number of halogens is 9. The van der Waals surface area contributed by atoms with Gasteiger partial charge in [-0.25, -0.2) is 57.8 Å². The lowest BCUT2D eigenvalue weighted by atomic mass is 10.0. The van der Waals surface area contributed by atoms with Crippen LogP contribution in [0.4, 0.5) is 39.5 Å². The van der Waals surface area contributed by atoms with Gasteiger partial charge in [-0.2, -0.15) is 60.6 Å². The summed E-state index contributed by atoms with van der Waals surface area (Å²) in [7, 11) is -15.3. The molecule has 14 rings (SSSR count). The van der Waals surface area contributed by atoms with E-state index in [4.69, 9.17) is 20.5 Å². The van der Waals surface area contributed by atoms with Crippen molar-refractivity contribution in [2.75, 3.05) is 7.11 Å². The van der Waals surface area contributed by atoms with Gasteiger partial charge >= 0.3 is 42.4 Å². The number of aryl methyl sites for hydroxylation is 1. The number of thiophene rings is 3. The molecule has 39 heteroatoms. The van der Waals surface area contributed by atoms with Crippen molar-refractivity contribution < 1.29 is 118 Å². The highest BCUT2D eigenvalue weighted by Gasteiger charge is 2.39. The molecule has 0 aliphatic heterocycles. The molecule has 0 unspecified atom stereocenters. The van der Waals surface area contributed by atoms with E-state index in [0.29, 0.717) is 69.2 Å². The first-order chi connectivity index (χ1) is 59.3. The minimum absolute atomic E-state index is 0.0194. The molecule has 648 valence electrons. The Labute approximate surface area is 729 Å². The Balaban J connectivity index is 0.000000163. The van der Waals surface area contributed by atoms with E-state index in [1.54, 1.807) is 48.7 Å². The lowest BCUT2D eigenvalue weighted by molar-refractivity contribution is -0.138. The van der Waals surface area contributed by atoms with E-state index in [2.05, 4.69) is 11.1 Å². The Bertz CT molecular complexity index is 6970. The molecule has 2 aliphatic rings. The molecule has 4 heterocycles. The Kier molecular flexibility index (Phi) is 28.4. The molecule has 22 nitrogen and oxygen atoms in total. The lowest BCUT2D eigenvalue weighted by Gasteiger charge is -2.15. The van der Waals surface area contributed by atoms with Crippen molar-refractivity contribution in [2.24, 2.45) is 0 Å². The summed E-state index contributed by atoms with van der Waals surface area (Å²) in [6, 6.07) is 46.0. The van der Waals surface area contributed by atoms with Crippen LogP contribution in [0.2, 0.25) is 0 Å². The van der Waals surface area contributed by atoms with E-state index in [0.717, 1.165) is 120 Å². The van der Waals surface area contributed by atoms with Crippen LogP contribution in [0, 0.1) is 45.3 Å². The second kappa shape index (κ2) is 38.0. The fraction of sp³-hybridized carbons (Fsp3) is 0.184. The van der Waals surface area contributed by atoms with Crippen LogP contribution in [0.5, 0.6) is 5.75 Å². The first-order valence-electron chi connectivity index (χ1n) is 36.8. The molecule has 8 aromatic carbocycles. The van der Waals surface area contributed by atoms with E-state index in [-0.39, 0.29) is 93.7 Å². The topological polar surface area (TPSA) is 403 Å². The SMILES string of the molecule is CCc1ccc(C(=O)O)cc1S(=O)(=O)Cc1cc(C(F)(F)F)ccc1-c1nccs1.COc1ccc(C(=O)O)cc1S(=O)(=O)Cc1cc(C(F)(F)F)ccc1-c1ccc(C#N)s1.N#Cc1ccc(-c2ccc(C#N)s2)c(CS(=O)(=O)c2cc(C(=O)O)ccc2C2CC2)c1.N#Cc1ccc(-c2ccc(C(F)(F)F)cc2CS(=O)(=O)c2cc(C(=O)O)ccc2C2CC2)s1. The average molecular weight is 1880 g/mol. The smallest absolute Gasteiger partial charge is 0.416 e. The fourth-order valence-corrected chi connectivity index (χ4v) is 23.1. The van der Waals surface area contributed by atoms with Gasteiger partial charge in [0.25, 0.3) is 0 Å². The third kappa shape index (κ3) is 22.5. The minimum atomic E-state index is -4.70. The number of carboxylic acid groups (broad SMARTS) is 4. The molecule has 4 aromatic heterocycles. The number of sulfone groups is 4. The largest absolute Gasteiger partial charge is 0.495 e. The van der Waals surface area contributed by atoms with Crippen LogP contribution in [0.15, 0.2) is 213 Å². The van der Waals surface area contributed by atoms with Gasteiger partial charge in [-0.05, 0) is 239 Å². The molecule has 12 aromatic rings. The Morgan fingerprint density at radius 3 is 1.07 bits per heavy atom. The zero-order valence-corrected chi connectivity index (χ0v) is 71.5.